The molecule has 0 unspecified atom stereocenters. The van der Waals surface area contributed by atoms with E-state index in [1.54, 1.807) is 16.8 Å². The van der Waals surface area contributed by atoms with Gasteiger partial charge in [0.15, 0.2) is 0 Å². The minimum Gasteiger partial charge on any atom is -0.311 e. The van der Waals surface area contributed by atoms with Crippen molar-refractivity contribution in [2.75, 3.05) is 18.5 Å². The van der Waals surface area contributed by atoms with Crippen molar-refractivity contribution in [1.29, 1.82) is 0 Å². The number of hydrogen-bond donors (Lipinski definition) is 0. The molecule has 0 bridgehead atoms. The lowest BCUT2D eigenvalue weighted by Crippen LogP contribution is -2.33. The highest BCUT2D eigenvalue weighted by molar-refractivity contribution is 8.26. The summed E-state index contributed by atoms with van der Waals surface area (Å²) in [7, 11) is 1.74. The minimum absolute atomic E-state index is 0.122. The molecule has 26 heavy (non-hydrogen) atoms. The Morgan fingerprint density at radius 2 is 1.88 bits per heavy atom. The molecule has 1 atom stereocenters. The summed E-state index contributed by atoms with van der Waals surface area (Å²) in [5.41, 5.74) is 2.15. The van der Waals surface area contributed by atoms with Crippen LogP contribution in [0.5, 0.6) is 0 Å². The van der Waals surface area contributed by atoms with Crippen molar-refractivity contribution in [3.05, 3.63) is 34.7 Å². The van der Waals surface area contributed by atoms with E-state index in [0.29, 0.717) is 27.3 Å². The van der Waals surface area contributed by atoms with Crippen LogP contribution in [0.3, 0.4) is 0 Å². The second-order valence-corrected chi connectivity index (χ2v) is 8.43. The summed E-state index contributed by atoms with van der Waals surface area (Å²) in [4.78, 5) is 29.6. The van der Waals surface area contributed by atoms with Gasteiger partial charge in [-0.25, -0.2) is 0 Å². The first kappa shape index (κ1) is 19.1. The SMILES string of the molecule is CCCC[C@@H](CC)CN1C(=O)/C(=C2/C(=O)N(C)c3ccccc32)SC1=S. The fourth-order valence-electron chi connectivity index (χ4n) is 3.47. The van der Waals surface area contributed by atoms with Crippen molar-refractivity contribution in [2.45, 2.75) is 39.5 Å². The molecule has 0 spiro atoms. The molecule has 0 aromatic heterocycles. The molecular weight excluding hydrogens is 364 g/mol. The van der Waals surface area contributed by atoms with Gasteiger partial charge in [0.05, 0.1) is 16.2 Å². The predicted octanol–water partition coefficient (Wildman–Crippen LogP) is 4.45. The zero-order valence-corrected chi connectivity index (χ0v) is 17.1. The Hall–Kier alpha value is -1.66. The van der Waals surface area contributed by atoms with Gasteiger partial charge in [-0.05, 0) is 18.4 Å². The number of hydrogen-bond acceptors (Lipinski definition) is 4. The van der Waals surface area contributed by atoms with E-state index in [1.165, 1.54) is 11.8 Å². The van der Waals surface area contributed by atoms with Gasteiger partial charge >= 0.3 is 0 Å². The maximum Gasteiger partial charge on any atom is 0.267 e. The normalized spacial score (nSPS) is 21.0. The molecule has 6 heteroatoms. The van der Waals surface area contributed by atoms with Crippen molar-refractivity contribution in [2.24, 2.45) is 5.92 Å². The van der Waals surface area contributed by atoms with E-state index in [9.17, 15) is 9.59 Å². The van der Waals surface area contributed by atoms with Gasteiger partial charge in [0.2, 0.25) is 0 Å². The zero-order valence-electron chi connectivity index (χ0n) is 15.4. The highest BCUT2D eigenvalue weighted by Crippen LogP contribution is 2.44. The number of carbonyl (C=O) groups excluding carboxylic acids is 2. The van der Waals surface area contributed by atoms with Crippen LogP contribution in [0.4, 0.5) is 5.69 Å². The number of carbonyl (C=O) groups is 2. The quantitative estimate of drug-likeness (QED) is 0.533. The third-order valence-corrected chi connectivity index (χ3v) is 6.56. The standard InChI is InChI=1S/C20H24N2O2S2/c1-4-6-9-13(5-2)12-22-19(24)17(26-20(22)25)16-14-10-7-8-11-15(14)21(3)18(16)23/h7-8,10-11,13H,4-6,9,12H2,1-3H3/b17-16-/t13-/m1/s1. The van der Waals surface area contributed by atoms with E-state index in [4.69, 9.17) is 12.2 Å². The van der Waals surface area contributed by atoms with Crippen molar-refractivity contribution in [3.8, 4) is 0 Å². The Morgan fingerprint density at radius 3 is 2.58 bits per heavy atom. The van der Waals surface area contributed by atoms with Gasteiger partial charge in [-0.1, -0.05) is 75.3 Å². The Labute approximate surface area is 164 Å². The molecule has 4 nitrogen and oxygen atoms in total. The van der Waals surface area contributed by atoms with Crippen LogP contribution in [0.2, 0.25) is 0 Å². The molecule has 3 rings (SSSR count). The van der Waals surface area contributed by atoms with E-state index < -0.39 is 0 Å². The van der Waals surface area contributed by atoms with Gasteiger partial charge in [-0.3, -0.25) is 14.5 Å². The van der Waals surface area contributed by atoms with E-state index in [2.05, 4.69) is 13.8 Å². The molecule has 2 aliphatic heterocycles. The van der Waals surface area contributed by atoms with E-state index in [-0.39, 0.29) is 11.8 Å². The predicted molar refractivity (Wildman–Crippen MR) is 112 cm³/mol. The first-order chi connectivity index (χ1) is 12.5. The summed E-state index contributed by atoms with van der Waals surface area (Å²) in [5.74, 6) is 0.184. The van der Waals surface area contributed by atoms with Crippen LogP contribution in [0.25, 0.3) is 5.57 Å². The maximum atomic E-state index is 13.1. The van der Waals surface area contributed by atoms with E-state index in [0.717, 1.165) is 36.9 Å². The molecule has 1 aromatic rings. The van der Waals surface area contributed by atoms with Gasteiger partial charge < -0.3 is 4.90 Å². The van der Waals surface area contributed by atoms with Gasteiger partial charge in [0.1, 0.15) is 4.32 Å². The monoisotopic (exact) mass is 388 g/mol. The number of thioether (sulfide) groups is 1. The third kappa shape index (κ3) is 3.32. The van der Waals surface area contributed by atoms with Crippen LogP contribution in [-0.2, 0) is 9.59 Å². The van der Waals surface area contributed by atoms with Crippen LogP contribution in [-0.4, -0.2) is 34.6 Å². The van der Waals surface area contributed by atoms with Crippen LogP contribution < -0.4 is 4.90 Å². The molecular formula is C20H24N2O2S2. The summed E-state index contributed by atoms with van der Waals surface area (Å²) < 4.78 is 0.562. The van der Waals surface area contributed by atoms with Gasteiger partial charge in [-0.2, -0.15) is 0 Å². The molecule has 1 saturated heterocycles. The molecule has 0 saturated carbocycles. The number of fused-ring (bicyclic) bond motifs is 1. The number of benzene rings is 1. The average molecular weight is 389 g/mol. The average Bonchev–Trinajstić information content (AvgIpc) is 3.06. The lowest BCUT2D eigenvalue weighted by molar-refractivity contribution is -0.123. The maximum absolute atomic E-state index is 13.1. The zero-order chi connectivity index (χ0) is 18.8. The lowest BCUT2D eigenvalue weighted by Gasteiger charge is -2.21. The number of likely N-dealkylation sites (N-methyl/N-ethyl adjacent to an activating group) is 1. The van der Waals surface area contributed by atoms with Crippen molar-refractivity contribution >= 4 is 51.4 Å². The number of amides is 2. The number of rotatable bonds is 6. The third-order valence-electron chi connectivity index (χ3n) is 5.11. The van der Waals surface area contributed by atoms with E-state index in [1.807, 2.05) is 24.3 Å². The second kappa shape index (κ2) is 7.92. The topological polar surface area (TPSA) is 40.6 Å². The highest BCUT2D eigenvalue weighted by Gasteiger charge is 2.41. The first-order valence-corrected chi connectivity index (χ1v) is 10.4. The first-order valence-electron chi connectivity index (χ1n) is 9.14. The molecule has 138 valence electrons. The van der Waals surface area contributed by atoms with Crippen LogP contribution >= 0.6 is 24.0 Å². The molecule has 0 N–H and O–H groups in total. The summed E-state index contributed by atoms with van der Waals surface area (Å²) in [6, 6.07) is 7.59. The molecule has 0 radical (unpaired) electrons. The Bertz CT molecular complexity index is 788. The fourth-order valence-corrected chi connectivity index (χ4v) is 4.82. The molecule has 2 aliphatic rings. The fraction of sp³-hybridized carbons (Fsp3) is 0.450. The number of para-hydroxylation sites is 1. The Morgan fingerprint density at radius 1 is 1.15 bits per heavy atom. The summed E-state index contributed by atoms with van der Waals surface area (Å²) in [6.45, 7) is 4.97. The molecule has 2 amide bonds. The van der Waals surface area contributed by atoms with Gasteiger partial charge in [-0.15, -0.1) is 0 Å². The highest BCUT2D eigenvalue weighted by atomic mass is 32.2. The Balaban J connectivity index is 1.91. The second-order valence-electron chi connectivity index (χ2n) is 6.79. The number of anilines is 1. The van der Waals surface area contributed by atoms with Crippen LogP contribution in [0, 0.1) is 5.92 Å². The van der Waals surface area contributed by atoms with Gasteiger partial charge in [0, 0.05) is 19.2 Å². The Kier molecular flexibility index (Phi) is 5.82. The van der Waals surface area contributed by atoms with Crippen LogP contribution in [0.15, 0.2) is 29.2 Å². The van der Waals surface area contributed by atoms with Crippen molar-refractivity contribution in [3.63, 3.8) is 0 Å². The smallest absolute Gasteiger partial charge is 0.267 e. The lowest BCUT2D eigenvalue weighted by atomic mass is 9.98. The van der Waals surface area contributed by atoms with Crippen LogP contribution in [0.1, 0.15) is 45.1 Å². The molecule has 2 heterocycles. The molecule has 1 fully saturated rings. The minimum atomic E-state index is -0.135. The van der Waals surface area contributed by atoms with E-state index >= 15 is 0 Å². The summed E-state index contributed by atoms with van der Waals surface area (Å²) >= 11 is 6.75. The molecule has 1 aromatic carbocycles. The number of thiocarbonyl (C=S) groups is 1. The number of unbranched alkanes of at least 4 members (excludes halogenated alkanes) is 1. The largest absolute Gasteiger partial charge is 0.311 e. The van der Waals surface area contributed by atoms with Gasteiger partial charge in [0.25, 0.3) is 11.8 Å². The van der Waals surface area contributed by atoms with Crippen molar-refractivity contribution in [1.82, 2.24) is 4.90 Å². The number of nitrogens with zero attached hydrogens (tertiary/aromatic N) is 2. The molecule has 0 aliphatic carbocycles. The summed E-state index contributed by atoms with van der Waals surface area (Å²) in [6.07, 6.45) is 4.43. The summed E-state index contributed by atoms with van der Waals surface area (Å²) in [5, 5.41) is 0. The van der Waals surface area contributed by atoms with Crippen molar-refractivity contribution < 1.29 is 9.59 Å².